The minimum atomic E-state index is -0.601. The van der Waals surface area contributed by atoms with Crippen LogP contribution >= 0.6 is 27.5 Å². The lowest BCUT2D eigenvalue weighted by molar-refractivity contribution is -0.385. The number of benzene rings is 1. The molecule has 0 amide bonds. The van der Waals surface area contributed by atoms with Crippen molar-refractivity contribution in [3.63, 3.8) is 0 Å². The van der Waals surface area contributed by atoms with Gasteiger partial charge in [-0.2, -0.15) is 0 Å². The van der Waals surface area contributed by atoms with Gasteiger partial charge in [-0.05, 0) is 35.0 Å². The average Bonchev–Trinajstić information content (AvgIpc) is 2.01. The van der Waals surface area contributed by atoms with Gasteiger partial charge in [-0.15, -0.1) is 0 Å². The van der Waals surface area contributed by atoms with Gasteiger partial charge in [0.15, 0.2) is 5.78 Å². The first-order valence-corrected chi connectivity index (χ1v) is 4.75. The van der Waals surface area contributed by atoms with Gasteiger partial charge in [0.1, 0.15) is 5.02 Å². The first-order chi connectivity index (χ1) is 6.43. The maximum absolute atomic E-state index is 11.0. The number of Topliss-reactive ketones (excluding diaryl/α,β-unsaturated/α-hetero) is 1. The molecule has 0 N–H and O–H groups in total. The average molecular weight is 278 g/mol. The first kappa shape index (κ1) is 11.1. The van der Waals surface area contributed by atoms with Gasteiger partial charge in [0.05, 0.1) is 9.40 Å². The van der Waals surface area contributed by atoms with Crippen molar-refractivity contribution in [2.24, 2.45) is 0 Å². The fraction of sp³-hybridized carbons (Fsp3) is 0.125. The number of carbonyl (C=O) groups is 1. The SMILES string of the molecule is CC(=O)c1cc(Cl)c([N+](=O)[O-])c(Br)c1. The number of hydrogen-bond acceptors (Lipinski definition) is 3. The van der Waals surface area contributed by atoms with E-state index in [0.717, 1.165) is 0 Å². The molecule has 0 aliphatic heterocycles. The Kier molecular flexibility index (Phi) is 3.23. The van der Waals surface area contributed by atoms with Crippen LogP contribution < -0.4 is 0 Å². The lowest BCUT2D eigenvalue weighted by atomic mass is 10.1. The molecule has 1 aromatic rings. The summed E-state index contributed by atoms with van der Waals surface area (Å²) in [6.45, 7) is 1.37. The van der Waals surface area contributed by atoms with E-state index in [1.165, 1.54) is 19.1 Å². The van der Waals surface area contributed by atoms with Gasteiger partial charge in [-0.3, -0.25) is 14.9 Å². The molecular weight excluding hydrogens is 273 g/mol. The summed E-state index contributed by atoms with van der Waals surface area (Å²) < 4.78 is 0.209. The van der Waals surface area contributed by atoms with E-state index in [2.05, 4.69) is 15.9 Å². The smallest absolute Gasteiger partial charge is 0.295 e. The van der Waals surface area contributed by atoms with Gasteiger partial charge in [-0.25, -0.2) is 0 Å². The summed E-state index contributed by atoms with van der Waals surface area (Å²) in [6, 6.07) is 2.67. The molecule has 1 rings (SSSR count). The van der Waals surface area contributed by atoms with E-state index in [4.69, 9.17) is 11.6 Å². The van der Waals surface area contributed by atoms with Crippen molar-refractivity contribution in [3.05, 3.63) is 37.3 Å². The second-order valence-corrected chi connectivity index (χ2v) is 3.86. The number of rotatable bonds is 2. The highest BCUT2D eigenvalue weighted by Gasteiger charge is 2.19. The molecule has 4 nitrogen and oxygen atoms in total. The summed E-state index contributed by atoms with van der Waals surface area (Å²) in [7, 11) is 0. The van der Waals surface area contributed by atoms with Crippen molar-refractivity contribution in [3.8, 4) is 0 Å². The van der Waals surface area contributed by atoms with Crippen LogP contribution in [0, 0.1) is 10.1 Å². The molecular formula is C8H5BrClNO3. The number of carbonyl (C=O) groups excluding carboxylic acids is 1. The molecule has 0 heterocycles. The normalized spacial score (nSPS) is 9.93. The molecule has 0 aliphatic carbocycles. The van der Waals surface area contributed by atoms with Gasteiger partial charge < -0.3 is 0 Å². The highest BCUT2D eigenvalue weighted by Crippen LogP contribution is 2.33. The summed E-state index contributed by atoms with van der Waals surface area (Å²) in [5.74, 6) is -0.192. The maximum Gasteiger partial charge on any atom is 0.301 e. The third-order valence-electron chi connectivity index (χ3n) is 1.61. The lowest BCUT2D eigenvalue weighted by Crippen LogP contribution is -1.96. The zero-order valence-corrected chi connectivity index (χ0v) is 9.42. The molecule has 0 atom stereocenters. The van der Waals surface area contributed by atoms with Crippen LogP contribution in [0.4, 0.5) is 5.69 Å². The Morgan fingerprint density at radius 3 is 2.50 bits per heavy atom. The van der Waals surface area contributed by atoms with E-state index in [-0.39, 0.29) is 21.0 Å². The van der Waals surface area contributed by atoms with Crippen LogP contribution in [-0.4, -0.2) is 10.7 Å². The molecule has 0 bridgehead atoms. The van der Waals surface area contributed by atoms with Crippen LogP contribution in [-0.2, 0) is 0 Å². The van der Waals surface area contributed by atoms with Crippen LogP contribution in [0.2, 0.25) is 5.02 Å². The fourth-order valence-electron chi connectivity index (χ4n) is 0.943. The van der Waals surface area contributed by atoms with E-state index >= 15 is 0 Å². The third-order valence-corrected chi connectivity index (χ3v) is 2.50. The second kappa shape index (κ2) is 4.06. The molecule has 0 aromatic heterocycles. The number of nitro benzene ring substituents is 1. The molecule has 0 radical (unpaired) electrons. The Balaban J connectivity index is 3.39. The van der Waals surface area contributed by atoms with Crippen LogP contribution in [0.5, 0.6) is 0 Å². The summed E-state index contributed by atoms with van der Waals surface area (Å²) in [6.07, 6.45) is 0. The maximum atomic E-state index is 11.0. The Labute approximate surface area is 93.1 Å². The Morgan fingerprint density at radius 1 is 1.57 bits per heavy atom. The number of hydrogen-bond donors (Lipinski definition) is 0. The monoisotopic (exact) mass is 277 g/mol. The van der Waals surface area contributed by atoms with Crippen molar-refractivity contribution in [2.45, 2.75) is 6.92 Å². The van der Waals surface area contributed by atoms with Crippen molar-refractivity contribution in [1.82, 2.24) is 0 Å². The zero-order valence-electron chi connectivity index (χ0n) is 7.08. The minimum Gasteiger partial charge on any atom is -0.295 e. The highest BCUT2D eigenvalue weighted by atomic mass is 79.9. The van der Waals surface area contributed by atoms with Crippen LogP contribution in [0.1, 0.15) is 17.3 Å². The Hall–Kier alpha value is -0.940. The van der Waals surface area contributed by atoms with Crippen molar-refractivity contribution in [2.75, 3.05) is 0 Å². The zero-order chi connectivity index (χ0) is 10.9. The molecule has 0 saturated carbocycles. The molecule has 0 aliphatic rings. The molecule has 0 spiro atoms. The number of halogens is 2. The highest BCUT2D eigenvalue weighted by molar-refractivity contribution is 9.10. The topological polar surface area (TPSA) is 60.2 Å². The van der Waals surface area contributed by atoms with Crippen LogP contribution in [0.25, 0.3) is 0 Å². The van der Waals surface area contributed by atoms with E-state index in [1.54, 1.807) is 0 Å². The minimum absolute atomic E-state index is 0.0467. The third kappa shape index (κ3) is 2.10. The fourth-order valence-corrected chi connectivity index (χ4v) is 1.95. The molecule has 1 aromatic carbocycles. The van der Waals surface area contributed by atoms with Gasteiger partial charge in [-0.1, -0.05) is 11.6 Å². The predicted molar refractivity (Wildman–Crippen MR) is 55.8 cm³/mol. The largest absolute Gasteiger partial charge is 0.301 e. The van der Waals surface area contributed by atoms with Crippen molar-refractivity contribution in [1.29, 1.82) is 0 Å². The van der Waals surface area contributed by atoms with E-state index < -0.39 is 4.92 Å². The quantitative estimate of drug-likeness (QED) is 0.474. The Morgan fingerprint density at radius 2 is 2.14 bits per heavy atom. The van der Waals surface area contributed by atoms with Gasteiger partial charge in [0.2, 0.25) is 0 Å². The molecule has 14 heavy (non-hydrogen) atoms. The van der Waals surface area contributed by atoms with E-state index in [0.29, 0.717) is 5.56 Å². The number of ketones is 1. The van der Waals surface area contributed by atoms with E-state index in [1.807, 2.05) is 0 Å². The summed E-state index contributed by atoms with van der Waals surface area (Å²) in [5, 5.41) is 10.5. The molecule has 6 heteroatoms. The standard InChI is InChI=1S/C8H5BrClNO3/c1-4(12)5-2-6(9)8(11(13)14)7(10)3-5/h2-3H,1H3. The van der Waals surface area contributed by atoms with Crippen LogP contribution in [0.15, 0.2) is 16.6 Å². The number of nitrogens with zero attached hydrogens (tertiary/aromatic N) is 1. The summed E-state index contributed by atoms with van der Waals surface area (Å²) in [5.41, 5.74) is 0.115. The summed E-state index contributed by atoms with van der Waals surface area (Å²) in [4.78, 5) is 20.9. The van der Waals surface area contributed by atoms with Gasteiger partial charge >= 0.3 is 5.69 Å². The second-order valence-electron chi connectivity index (χ2n) is 2.60. The molecule has 0 fully saturated rings. The van der Waals surface area contributed by atoms with Crippen molar-refractivity contribution < 1.29 is 9.72 Å². The van der Waals surface area contributed by atoms with Gasteiger partial charge in [0, 0.05) is 5.56 Å². The lowest BCUT2D eigenvalue weighted by Gasteiger charge is -2.00. The van der Waals surface area contributed by atoms with Crippen molar-refractivity contribution >= 4 is 39.0 Å². The Bertz CT molecular complexity index is 396. The molecule has 0 unspecified atom stereocenters. The predicted octanol–water partition coefficient (Wildman–Crippen LogP) is 3.21. The van der Waals surface area contributed by atoms with Gasteiger partial charge in [0.25, 0.3) is 0 Å². The number of nitro groups is 1. The molecule has 0 saturated heterocycles. The van der Waals surface area contributed by atoms with Crippen LogP contribution in [0.3, 0.4) is 0 Å². The first-order valence-electron chi connectivity index (χ1n) is 3.58. The van der Waals surface area contributed by atoms with E-state index in [9.17, 15) is 14.9 Å². The summed E-state index contributed by atoms with van der Waals surface area (Å²) >= 11 is 8.64. The molecule has 74 valence electrons.